The molecule has 80 heavy (non-hydrogen) atoms. The molecule has 0 spiro atoms. The highest BCUT2D eigenvalue weighted by Gasteiger charge is 2.63. The van der Waals surface area contributed by atoms with E-state index in [0.29, 0.717) is 26.2 Å². The lowest BCUT2D eigenvalue weighted by molar-refractivity contribution is -0.671. The largest absolute Gasteiger partial charge is 0.510 e. The number of nitrogens with one attached hydrogen (secondary N) is 1. The number of ketones is 2. The first kappa shape index (κ1) is 55.3. The number of hydrogen-bond acceptors (Lipinski definition) is 24. The van der Waals surface area contributed by atoms with Gasteiger partial charge in [-0.3, -0.25) is 33.8 Å². The fraction of sp³-hybridized carbons (Fsp3) is 0.308. The van der Waals surface area contributed by atoms with Crippen molar-refractivity contribution < 1.29 is 67.8 Å². The van der Waals surface area contributed by atoms with Crippen LogP contribution in [0.5, 0.6) is 11.5 Å². The zero-order chi connectivity index (χ0) is 57.2. The van der Waals surface area contributed by atoms with E-state index in [4.69, 9.17) is 30.8 Å². The number of carbonyl (C=O) groups excluding carboxylic acids is 7. The number of nitrogens with two attached hydrogens (primary N) is 2. The summed E-state index contributed by atoms with van der Waals surface area (Å²) in [7, 11) is 8.45. The first-order chi connectivity index (χ1) is 38.1. The van der Waals surface area contributed by atoms with E-state index in [-0.39, 0.29) is 75.8 Å². The Bertz CT molecular complexity index is 3610. The number of fused-ring (bicyclic) bond motifs is 4. The number of amides is 3. The highest BCUT2D eigenvalue weighted by molar-refractivity contribution is 8.07. The summed E-state index contributed by atoms with van der Waals surface area (Å²) < 4.78 is 18.5. The lowest BCUT2D eigenvalue weighted by atomic mass is 9.58. The Balaban J connectivity index is 0.966. The van der Waals surface area contributed by atoms with Gasteiger partial charge < -0.3 is 51.3 Å². The lowest BCUT2D eigenvalue weighted by Crippen LogP contribution is -2.71. The zero-order valence-electron chi connectivity index (χ0n) is 43.4. The molecule has 2 aliphatic heterocycles. The van der Waals surface area contributed by atoms with E-state index in [2.05, 4.69) is 19.8 Å². The van der Waals surface area contributed by atoms with E-state index in [1.165, 1.54) is 63.2 Å². The molecule has 414 valence electrons. The van der Waals surface area contributed by atoms with E-state index < -0.39 is 93.2 Å². The summed E-state index contributed by atoms with van der Waals surface area (Å²) in [6, 6.07) is 10.1. The Kier molecular flexibility index (Phi) is 14.9. The van der Waals surface area contributed by atoms with Crippen molar-refractivity contribution in [2.75, 3.05) is 51.2 Å². The number of nitrogen functional groups attached to an aromatic ring is 1. The number of pyridine rings is 1. The number of allylic oxidation sites excluding steroid dienone is 1. The molecule has 0 bridgehead atoms. The number of hydrogen-bond donors (Lipinski definition) is 6. The Morgan fingerprint density at radius 1 is 1.00 bits per heavy atom. The van der Waals surface area contributed by atoms with Crippen LogP contribution >= 0.6 is 46.4 Å². The number of thiazole rings is 1. The summed E-state index contributed by atoms with van der Waals surface area (Å²) in [6.07, 6.45) is 3.67. The van der Waals surface area contributed by atoms with Gasteiger partial charge in [0.05, 0.1) is 17.3 Å². The molecule has 1 unspecified atom stereocenters. The molecule has 3 aliphatic carbocycles. The predicted molar refractivity (Wildman–Crippen MR) is 292 cm³/mol. The van der Waals surface area contributed by atoms with Gasteiger partial charge in [0.1, 0.15) is 64.9 Å². The van der Waals surface area contributed by atoms with Crippen LogP contribution in [-0.4, -0.2) is 150 Å². The van der Waals surface area contributed by atoms with Crippen molar-refractivity contribution in [3.05, 3.63) is 122 Å². The second kappa shape index (κ2) is 21.6. The molecule has 10 rings (SSSR count). The highest BCUT2D eigenvalue weighted by Crippen LogP contribution is 2.54. The number of oxime groups is 1. The standard InChI is InChI=1S/C52H49N11O13S4/c1-7-74-58-35(44-57-50(54)80-59-44)45(69)56-36-46(70)63-38(31(21-77-47(36)63)79-51-55-27(20-78-51)22-14-16-62(6)17-15-22)49(72)75-29-11-9-8-10-24(29)48(71)76-30-13-12-28(60(2)3)25-18-23-19-26-37(61(4)5)40(65)34(43(53)68)42(67)52(26,73)41(66)32(23)39(64)33(25)30/h8-17,20,23,26,36-37,47,73H,7,18-19,21H2,1-6H3,(H6-,53,54,56,57,59,64,65,66,67,68,69)/p+1/t23-,26-,36-,37-,47?,52-/m1/s1. The molecule has 1 fully saturated rings. The maximum absolute atomic E-state index is 15.0. The molecule has 3 amide bonds. The van der Waals surface area contributed by atoms with Crippen LogP contribution in [0.1, 0.15) is 45.4 Å². The molecule has 5 heterocycles. The molecule has 2 aromatic carbocycles. The molecular weight excluding hydrogens is 1110 g/mol. The number of primary amides is 1. The molecule has 0 saturated carbocycles. The van der Waals surface area contributed by atoms with Gasteiger partial charge in [0, 0.05) is 76.5 Å². The summed E-state index contributed by atoms with van der Waals surface area (Å²) in [5, 5.41) is 43.1. The van der Waals surface area contributed by atoms with Crippen LogP contribution in [0, 0.1) is 11.8 Å². The Morgan fingerprint density at radius 3 is 2.40 bits per heavy atom. The number of thioether (sulfide) groups is 2. The van der Waals surface area contributed by atoms with Crippen LogP contribution in [0.4, 0.5) is 10.8 Å². The number of esters is 2. The second-order valence-electron chi connectivity index (χ2n) is 19.4. The van der Waals surface area contributed by atoms with E-state index >= 15 is 0 Å². The fourth-order valence-electron chi connectivity index (χ4n) is 10.5. The van der Waals surface area contributed by atoms with Gasteiger partial charge in [0.2, 0.25) is 17.3 Å². The van der Waals surface area contributed by atoms with Crippen LogP contribution < -0.4 is 35.7 Å². The molecule has 28 heteroatoms. The third kappa shape index (κ3) is 9.52. The summed E-state index contributed by atoms with van der Waals surface area (Å²) in [4.78, 5) is 118. The normalized spacial score (nSPS) is 22.5. The topological polar surface area (TPSA) is 337 Å². The van der Waals surface area contributed by atoms with Crippen LogP contribution in [0.3, 0.4) is 0 Å². The lowest BCUT2D eigenvalue weighted by Gasteiger charge is -2.50. The van der Waals surface area contributed by atoms with Gasteiger partial charge in [-0.1, -0.05) is 29.1 Å². The van der Waals surface area contributed by atoms with Crippen molar-refractivity contribution in [3.63, 3.8) is 0 Å². The van der Waals surface area contributed by atoms with Crippen LogP contribution in [0.2, 0.25) is 0 Å². The van der Waals surface area contributed by atoms with Crippen molar-refractivity contribution in [2.45, 2.75) is 47.2 Å². The Labute approximate surface area is 471 Å². The number of carbonyl (C=O) groups is 7. The zero-order valence-corrected chi connectivity index (χ0v) is 46.6. The van der Waals surface area contributed by atoms with E-state index in [1.54, 1.807) is 46.1 Å². The maximum Gasteiger partial charge on any atom is 0.361 e. The highest BCUT2D eigenvalue weighted by atomic mass is 32.2. The SMILES string of the molecule is CCON=C(C(=O)N[C@@H]1C(=O)N2C(C(=O)Oc3ccccc3C(=O)Oc3ccc(N(C)C)c4c3C(=O)C3=C(O)[C@@]5(O)C(=O)C(C(N)=O)=C(O)[C@H](N(C)C)[C@H]5C[C@H]3C4)=C(Sc3nc(-c4cc[n+](C)cc4)cs3)CSC12)c1nsc(N)n1. The minimum Gasteiger partial charge on any atom is -0.510 e. The van der Waals surface area contributed by atoms with Gasteiger partial charge in [0.15, 0.2) is 33.2 Å². The van der Waals surface area contributed by atoms with E-state index in [1.807, 2.05) is 41.5 Å². The molecule has 3 aromatic heterocycles. The number of β-lactam (4-membered cyclic amide) rings is 1. The molecule has 1 saturated heterocycles. The Hall–Kier alpha value is -8.02. The van der Waals surface area contributed by atoms with Gasteiger partial charge in [-0.15, -0.1) is 23.1 Å². The third-order valence-corrected chi connectivity index (χ3v) is 18.1. The average Bonchev–Trinajstić information content (AvgIpc) is 4.07. The number of nitrogens with zero attached hydrogens (tertiary/aromatic N) is 8. The number of anilines is 2. The monoisotopic (exact) mass is 1160 g/mol. The summed E-state index contributed by atoms with van der Waals surface area (Å²) >= 11 is 4.55. The van der Waals surface area contributed by atoms with Gasteiger partial charge >= 0.3 is 11.9 Å². The number of rotatable bonds is 15. The average molecular weight is 1170 g/mol. The van der Waals surface area contributed by atoms with E-state index in [9.17, 15) is 48.9 Å². The molecule has 5 aromatic rings. The Morgan fingerprint density at radius 2 is 1.73 bits per heavy atom. The molecule has 5 aliphatic rings. The molecule has 8 N–H and O–H groups in total. The molecule has 0 radical (unpaired) electrons. The number of aliphatic hydroxyl groups excluding tert-OH is 2. The molecule has 6 atom stereocenters. The number of Topliss-reactive ketones (excluding diaryl/α,β-unsaturated/α-hetero) is 2. The number of likely N-dealkylation sites (N-methyl/N-ethyl adjacent to an activating group) is 1. The van der Waals surface area contributed by atoms with Crippen molar-refractivity contribution in [2.24, 2.45) is 29.8 Å². The number of aromatic nitrogens is 4. The van der Waals surface area contributed by atoms with Crippen LogP contribution in [0.25, 0.3) is 11.3 Å². The number of aliphatic hydroxyl groups is 3. The maximum atomic E-state index is 15.0. The smallest absolute Gasteiger partial charge is 0.361 e. The van der Waals surface area contributed by atoms with Crippen LogP contribution in [0.15, 0.2) is 109 Å². The molecular formula is C52H50N11O13S4+. The molecule has 24 nitrogen and oxygen atoms in total. The number of aryl methyl sites for hydroxylation is 1. The number of para-hydroxylation sites is 1. The van der Waals surface area contributed by atoms with Gasteiger partial charge in [0.25, 0.3) is 17.7 Å². The first-order valence-electron chi connectivity index (χ1n) is 24.5. The van der Waals surface area contributed by atoms with E-state index in [0.717, 1.165) is 28.9 Å². The van der Waals surface area contributed by atoms with Crippen LogP contribution in [-0.2, 0) is 42.3 Å². The van der Waals surface area contributed by atoms with Crippen molar-refractivity contribution >= 4 is 104 Å². The summed E-state index contributed by atoms with van der Waals surface area (Å²) in [5.74, 6) is -11.6. The van der Waals surface area contributed by atoms with Crippen molar-refractivity contribution in [3.8, 4) is 22.8 Å². The minimum absolute atomic E-state index is 0.0315. The second-order valence-corrected chi connectivity index (χ2v) is 23.5. The van der Waals surface area contributed by atoms with Gasteiger partial charge in [-0.2, -0.15) is 9.36 Å². The minimum atomic E-state index is -2.86. The third-order valence-electron chi connectivity index (χ3n) is 14.1. The van der Waals surface area contributed by atoms with Gasteiger partial charge in [-0.25, -0.2) is 19.1 Å². The number of ether oxygens (including phenoxy) is 2. The van der Waals surface area contributed by atoms with Crippen molar-refractivity contribution in [1.29, 1.82) is 0 Å². The van der Waals surface area contributed by atoms with Gasteiger partial charge in [-0.05, 0) is 69.6 Å². The number of benzene rings is 2. The fourth-order valence-corrected chi connectivity index (χ4v) is 14.4. The summed E-state index contributed by atoms with van der Waals surface area (Å²) in [5.41, 5.74) is 8.68. The first-order valence-corrected chi connectivity index (χ1v) is 28.0. The summed E-state index contributed by atoms with van der Waals surface area (Å²) in [6.45, 7) is 1.76. The van der Waals surface area contributed by atoms with Crippen molar-refractivity contribution in [1.82, 2.24) is 29.5 Å². The quantitative estimate of drug-likeness (QED) is 0.0167. The predicted octanol–water partition coefficient (Wildman–Crippen LogP) is 2.83.